The van der Waals surface area contributed by atoms with Gasteiger partial charge in [0.1, 0.15) is 0 Å². The highest BCUT2D eigenvalue weighted by atomic mass is 14.0. The van der Waals surface area contributed by atoms with Gasteiger partial charge in [0, 0.05) is 0 Å². The minimum absolute atomic E-state index is 1.05. The summed E-state index contributed by atoms with van der Waals surface area (Å²) in [6, 6.07) is 0. The lowest BCUT2D eigenvalue weighted by molar-refractivity contribution is 0.658. The molecule has 0 unspecified atom stereocenters. The molecule has 0 nitrogen and oxygen atoms in total. The second-order valence-electron chi connectivity index (χ2n) is 2.82. The number of rotatable bonds is 6. The van der Waals surface area contributed by atoms with E-state index in [4.69, 9.17) is 6.58 Å². The van der Waals surface area contributed by atoms with Crippen molar-refractivity contribution in [2.45, 2.75) is 52.4 Å². The fraction of sp³-hybridized carbons (Fsp3) is 0.800. The lowest BCUT2D eigenvalue weighted by Gasteiger charge is -1.99. The molecule has 0 heterocycles. The quantitative estimate of drug-likeness (QED) is 0.492. The zero-order valence-electron chi connectivity index (χ0n) is 7.32. The molecular formula is C10H19. The molecule has 1 radical (unpaired) electrons. The molecule has 0 aromatic heterocycles. The van der Waals surface area contributed by atoms with Crippen LogP contribution in [0.1, 0.15) is 52.4 Å². The summed E-state index contributed by atoms with van der Waals surface area (Å²) < 4.78 is 0. The van der Waals surface area contributed by atoms with Gasteiger partial charge in [-0.3, -0.25) is 0 Å². The van der Waals surface area contributed by atoms with E-state index < -0.39 is 0 Å². The zero-order chi connectivity index (χ0) is 7.82. The third-order valence-electron chi connectivity index (χ3n) is 1.81. The molecule has 0 amide bonds. The summed E-state index contributed by atoms with van der Waals surface area (Å²) >= 11 is 0. The number of hydrogen-bond donors (Lipinski definition) is 0. The average Bonchev–Trinajstić information content (AvgIpc) is 1.98. The Hall–Kier alpha value is -0.260. The molecule has 0 aliphatic carbocycles. The maximum Gasteiger partial charge on any atom is -0.0317 e. The summed E-state index contributed by atoms with van der Waals surface area (Å²) in [7, 11) is 0. The Kier molecular flexibility index (Phi) is 6.68. The van der Waals surface area contributed by atoms with Gasteiger partial charge in [-0.25, -0.2) is 0 Å². The Morgan fingerprint density at radius 3 is 2.30 bits per heavy atom. The second-order valence-corrected chi connectivity index (χ2v) is 2.82. The predicted octanol–water partition coefficient (Wildman–Crippen LogP) is 3.73. The van der Waals surface area contributed by atoms with E-state index in [1.165, 1.54) is 25.7 Å². The minimum Gasteiger partial charge on any atom is -0.0705 e. The summed E-state index contributed by atoms with van der Waals surface area (Å²) in [5.41, 5.74) is 1.16. The van der Waals surface area contributed by atoms with Gasteiger partial charge in [0.25, 0.3) is 0 Å². The largest absolute Gasteiger partial charge is 0.0705 e. The highest BCUT2D eigenvalue weighted by Crippen LogP contribution is 2.10. The van der Waals surface area contributed by atoms with Crippen LogP contribution in [0.25, 0.3) is 0 Å². The van der Waals surface area contributed by atoms with E-state index >= 15 is 0 Å². The van der Waals surface area contributed by atoms with E-state index in [1.807, 2.05) is 0 Å². The SMILES string of the molecule is [CH]=C(CC)CCCCCC. The Labute approximate surface area is 65.3 Å². The lowest BCUT2D eigenvalue weighted by Crippen LogP contribution is -1.80. The number of allylic oxidation sites excluding steroid dienone is 1. The van der Waals surface area contributed by atoms with Crippen LogP contribution in [0.4, 0.5) is 0 Å². The normalized spacial score (nSPS) is 9.80. The van der Waals surface area contributed by atoms with Gasteiger partial charge >= 0.3 is 0 Å². The van der Waals surface area contributed by atoms with Crippen LogP contribution in [-0.4, -0.2) is 0 Å². The van der Waals surface area contributed by atoms with E-state index in [-0.39, 0.29) is 0 Å². The molecule has 0 saturated carbocycles. The molecule has 0 rings (SSSR count). The van der Waals surface area contributed by atoms with Gasteiger partial charge in [0.05, 0.1) is 0 Å². The maximum absolute atomic E-state index is 5.67. The first-order valence-corrected chi connectivity index (χ1v) is 4.41. The van der Waals surface area contributed by atoms with Crippen LogP contribution in [0.2, 0.25) is 0 Å². The van der Waals surface area contributed by atoms with E-state index in [9.17, 15) is 0 Å². The first-order chi connectivity index (χ1) is 4.81. The third kappa shape index (κ3) is 5.87. The zero-order valence-corrected chi connectivity index (χ0v) is 7.32. The molecule has 0 aliphatic rings. The topological polar surface area (TPSA) is 0 Å². The van der Waals surface area contributed by atoms with E-state index in [2.05, 4.69) is 13.8 Å². The van der Waals surface area contributed by atoms with Gasteiger partial charge in [0.15, 0.2) is 0 Å². The molecule has 0 bridgehead atoms. The standard InChI is InChI=1S/C10H19/c1-4-6-7-8-9-10(3)5-2/h3H,4-9H2,1-2H3. The number of unbranched alkanes of at least 4 members (excludes halogenated alkanes) is 3. The molecular weight excluding hydrogens is 120 g/mol. The minimum atomic E-state index is 1.05. The van der Waals surface area contributed by atoms with Crippen LogP contribution in [0, 0.1) is 6.58 Å². The van der Waals surface area contributed by atoms with Crippen LogP contribution in [-0.2, 0) is 0 Å². The Bertz CT molecular complexity index is 82.0. The average molecular weight is 139 g/mol. The van der Waals surface area contributed by atoms with Crippen LogP contribution in [0.5, 0.6) is 0 Å². The van der Waals surface area contributed by atoms with Crippen molar-refractivity contribution in [2.24, 2.45) is 0 Å². The molecule has 0 saturated heterocycles. The van der Waals surface area contributed by atoms with E-state index in [0.717, 1.165) is 18.4 Å². The van der Waals surface area contributed by atoms with Gasteiger partial charge in [0.2, 0.25) is 0 Å². The highest BCUT2D eigenvalue weighted by molar-refractivity contribution is 4.88. The molecule has 0 aromatic rings. The smallest absolute Gasteiger partial charge is 0.0317 e. The third-order valence-corrected chi connectivity index (χ3v) is 1.81. The van der Waals surface area contributed by atoms with Gasteiger partial charge in [-0.15, -0.1) is 0 Å². The van der Waals surface area contributed by atoms with Crippen LogP contribution in [0.3, 0.4) is 0 Å². The monoisotopic (exact) mass is 139 g/mol. The van der Waals surface area contributed by atoms with Crippen LogP contribution < -0.4 is 0 Å². The van der Waals surface area contributed by atoms with Crippen molar-refractivity contribution in [2.75, 3.05) is 0 Å². The maximum atomic E-state index is 5.67. The van der Waals surface area contributed by atoms with Crippen molar-refractivity contribution in [3.63, 3.8) is 0 Å². The first-order valence-electron chi connectivity index (χ1n) is 4.41. The molecule has 0 spiro atoms. The van der Waals surface area contributed by atoms with Crippen molar-refractivity contribution in [1.82, 2.24) is 0 Å². The van der Waals surface area contributed by atoms with E-state index in [0.29, 0.717) is 0 Å². The molecule has 0 fully saturated rings. The number of hydrogen-bond acceptors (Lipinski definition) is 0. The molecule has 59 valence electrons. The fourth-order valence-electron chi connectivity index (χ4n) is 0.956. The Balaban J connectivity index is 2.96. The molecule has 0 aliphatic heterocycles. The molecule has 0 atom stereocenters. The summed E-state index contributed by atoms with van der Waals surface area (Å²) in [6.45, 7) is 10.0. The first kappa shape index (κ1) is 9.74. The Morgan fingerprint density at radius 2 is 1.80 bits per heavy atom. The van der Waals surface area contributed by atoms with Crippen molar-refractivity contribution >= 4 is 0 Å². The second kappa shape index (κ2) is 6.85. The van der Waals surface area contributed by atoms with Gasteiger partial charge < -0.3 is 0 Å². The highest BCUT2D eigenvalue weighted by Gasteiger charge is 1.90. The molecule has 0 heteroatoms. The van der Waals surface area contributed by atoms with E-state index in [1.54, 1.807) is 0 Å². The van der Waals surface area contributed by atoms with Crippen LogP contribution in [0.15, 0.2) is 5.57 Å². The summed E-state index contributed by atoms with van der Waals surface area (Å²) in [5.74, 6) is 0. The summed E-state index contributed by atoms with van der Waals surface area (Å²) in [4.78, 5) is 0. The van der Waals surface area contributed by atoms with Crippen molar-refractivity contribution in [3.8, 4) is 0 Å². The summed E-state index contributed by atoms with van der Waals surface area (Å²) in [6.07, 6.45) is 7.48. The van der Waals surface area contributed by atoms with Crippen molar-refractivity contribution in [3.05, 3.63) is 12.2 Å². The lowest BCUT2D eigenvalue weighted by atomic mass is 10.1. The fourth-order valence-corrected chi connectivity index (χ4v) is 0.956. The molecule has 0 N–H and O–H groups in total. The van der Waals surface area contributed by atoms with Crippen molar-refractivity contribution in [1.29, 1.82) is 0 Å². The molecule has 0 aromatic carbocycles. The van der Waals surface area contributed by atoms with Gasteiger partial charge in [-0.2, -0.15) is 0 Å². The summed E-state index contributed by atoms with van der Waals surface area (Å²) in [5, 5.41) is 0. The van der Waals surface area contributed by atoms with Gasteiger partial charge in [-0.1, -0.05) is 45.3 Å². The molecule has 10 heavy (non-hydrogen) atoms. The van der Waals surface area contributed by atoms with Crippen LogP contribution >= 0.6 is 0 Å². The van der Waals surface area contributed by atoms with Gasteiger partial charge in [-0.05, 0) is 19.3 Å². The van der Waals surface area contributed by atoms with Crippen molar-refractivity contribution < 1.29 is 0 Å². The Morgan fingerprint density at radius 1 is 1.10 bits per heavy atom. The predicted molar refractivity (Wildman–Crippen MR) is 46.9 cm³/mol.